The first kappa shape index (κ1) is 16.3. The molecule has 0 unspecified atom stereocenters. The fraction of sp³-hybridized carbons (Fsp3) is 0.625. The number of alkyl halides is 3. The summed E-state index contributed by atoms with van der Waals surface area (Å²) in [6.07, 6.45) is 1.11. The number of nitrogens with one attached hydrogen (secondary N) is 1. The van der Waals surface area contributed by atoms with Gasteiger partial charge in [-0.3, -0.25) is 0 Å². The van der Waals surface area contributed by atoms with Crippen molar-refractivity contribution in [2.24, 2.45) is 5.41 Å². The van der Waals surface area contributed by atoms with Crippen molar-refractivity contribution in [3.8, 4) is 0 Å². The van der Waals surface area contributed by atoms with E-state index < -0.39 is 11.7 Å². The largest absolute Gasteiger partial charge is 0.416 e. The summed E-state index contributed by atoms with van der Waals surface area (Å²) in [6, 6.07) is 5.39. The highest BCUT2D eigenvalue weighted by Gasteiger charge is 2.31. The van der Waals surface area contributed by atoms with Crippen molar-refractivity contribution in [3.63, 3.8) is 0 Å². The summed E-state index contributed by atoms with van der Waals surface area (Å²) in [5, 5.41) is 12.8. The summed E-state index contributed by atoms with van der Waals surface area (Å²) >= 11 is 0. The van der Waals surface area contributed by atoms with E-state index in [1.165, 1.54) is 18.6 Å². The molecule has 2 N–H and O–H groups in total. The van der Waals surface area contributed by atoms with Crippen molar-refractivity contribution < 1.29 is 18.3 Å². The van der Waals surface area contributed by atoms with E-state index in [0.29, 0.717) is 18.7 Å². The van der Waals surface area contributed by atoms with Gasteiger partial charge in [0.2, 0.25) is 0 Å². The highest BCUT2D eigenvalue weighted by molar-refractivity contribution is 5.25. The van der Waals surface area contributed by atoms with Crippen LogP contribution < -0.4 is 5.32 Å². The van der Waals surface area contributed by atoms with Gasteiger partial charge in [-0.2, -0.15) is 13.2 Å². The lowest BCUT2D eigenvalue weighted by atomic mass is 9.74. The standard InChI is InChI=1S/C16H22F3NO/c17-16(18,19)14-6-4-5-13(9-14)10-20-11-15(12-21)7-2-1-3-8-15/h4-6,9,20-21H,1-3,7-8,10-12H2. The van der Waals surface area contributed by atoms with Crippen LogP contribution in [0.1, 0.15) is 43.2 Å². The van der Waals surface area contributed by atoms with Crippen LogP contribution in [0.25, 0.3) is 0 Å². The Morgan fingerprint density at radius 1 is 1.14 bits per heavy atom. The zero-order valence-electron chi connectivity index (χ0n) is 12.0. The second kappa shape index (κ2) is 6.79. The number of rotatable bonds is 5. The summed E-state index contributed by atoms with van der Waals surface area (Å²) in [5.74, 6) is 0. The molecule has 2 rings (SSSR count). The highest BCUT2D eigenvalue weighted by atomic mass is 19.4. The Hall–Kier alpha value is -1.07. The molecule has 118 valence electrons. The van der Waals surface area contributed by atoms with Crippen LogP contribution in [0.2, 0.25) is 0 Å². The van der Waals surface area contributed by atoms with E-state index in [2.05, 4.69) is 5.32 Å². The van der Waals surface area contributed by atoms with Gasteiger partial charge in [-0.1, -0.05) is 37.5 Å². The SMILES string of the molecule is OCC1(CNCc2cccc(C(F)(F)F)c2)CCCCC1. The Labute approximate surface area is 123 Å². The highest BCUT2D eigenvalue weighted by Crippen LogP contribution is 2.35. The van der Waals surface area contributed by atoms with Gasteiger partial charge in [0.1, 0.15) is 0 Å². The van der Waals surface area contributed by atoms with E-state index in [1.54, 1.807) is 6.07 Å². The fourth-order valence-corrected chi connectivity index (χ4v) is 3.02. The summed E-state index contributed by atoms with van der Waals surface area (Å²) < 4.78 is 37.9. The molecule has 0 heterocycles. The topological polar surface area (TPSA) is 32.3 Å². The maximum Gasteiger partial charge on any atom is 0.416 e. The maximum atomic E-state index is 12.6. The van der Waals surface area contributed by atoms with Gasteiger partial charge < -0.3 is 10.4 Å². The van der Waals surface area contributed by atoms with Crippen LogP contribution in [0.5, 0.6) is 0 Å². The number of benzene rings is 1. The third-order valence-corrected chi connectivity index (χ3v) is 4.33. The first-order valence-electron chi connectivity index (χ1n) is 7.43. The van der Waals surface area contributed by atoms with Crippen LogP contribution in [-0.2, 0) is 12.7 Å². The van der Waals surface area contributed by atoms with Gasteiger partial charge in [-0.05, 0) is 24.5 Å². The number of hydrogen-bond donors (Lipinski definition) is 2. The van der Waals surface area contributed by atoms with Gasteiger partial charge in [0.05, 0.1) is 5.56 Å². The zero-order valence-corrected chi connectivity index (χ0v) is 12.0. The average Bonchev–Trinajstić information content (AvgIpc) is 2.48. The van der Waals surface area contributed by atoms with Crippen LogP contribution in [0.3, 0.4) is 0 Å². The third kappa shape index (κ3) is 4.45. The van der Waals surface area contributed by atoms with Crippen molar-refractivity contribution in [3.05, 3.63) is 35.4 Å². The van der Waals surface area contributed by atoms with Crippen molar-refractivity contribution in [2.75, 3.05) is 13.2 Å². The molecule has 0 aliphatic heterocycles. The van der Waals surface area contributed by atoms with E-state index in [1.807, 2.05) is 0 Å². The fourth-order valence-electron chi connectivity index (χ4n) is 3.02. The summed E-state index contributed by atoms with van der Waals surface area (Å²) in [7, 11) is 0. The van der Waals surface area contributed by atoms with Crippen LogP contribution in [-0.4, -0.2) is 18.3 Å². The van der Waals surface area contributed by atoms with Crippen LogP contribution in [0, 0.1) is 5.41 Å². The zero-order chi connectivity index (χ0) is 15.3. The van der Waals surface area contributed by atoms with Crippen molar-refractivity contribution >= 4 is 0 Å². The Morgan fingerprint density at radius 3 is 2.48 bits per heavy atom. The lowest BCUT2D eigenvalue weighted by molar-refractivity contribution is -0.137. The number of halogens is 3. The smallest absolute Gasteiger partial charge is 0.396 e. The van der Waals surface area contributed by atoms with Gasteiger partial charge in [0.25, 0.3) is 0 Å². The minimum atomic E-state index is -4.30. The Balaban J connectivity index is 1.91. The minimum absolute atomic E-state index is 0.0973. The first-order valence-corrected chi connectivity index (χ1v) is 7.43. The molecule has 1 aromatic carbocycles. The van der Waals surface area contributed by atoms with Gasteiger partial charge in [-0.15, -0.1) is 0 Å². The molecule has 0 aromatic heterocycles. The Morgan fingerprint density at radius 2 is 1.86 bits per heavy atom. The van der Waals surface area contributed by atoms with Crippen LogP contribution >= 0.6 is 0 Å². The van der Waals surface area contributed by atoms with E-state index in [9.17, 15) is 18.3 Å². The average molecular weight is 301 g/mol. The Kier molecular flexibility index (Phi) is 5.27. The molecular formula is C16H22F3NO. The molecule has 1 fully saturated rings. The van der Waals surface area contributed by atoms with Gasteiger partial charge in [0, 0.05) is 25.1 Å². The quantitative estimate of drug-likeness (QED) is 0.868. The molecule has 1 aromatic rings. The molecule has 0 amide bonds. The molecule has 5 heteroatoms. The number of aliphatic hydroxyl groups excluding tert-OH is 1. The lowest BCUT2D eigenvalue weighted by Gasteiger charge is -2.35. The van der Waals surface area contributed by atoms with Crippen molar-refractivity contribution in [2.45, 2.75) is 44.8 Å². The maximum absolute atomic E-state index is 12.6. The van der Waals surface area contributed by atoms with E-state index in [-0.39, 0.29) is 12.0 Å². The predicted octanol–water partition coefficient (Wildman–Crippen LogP) is 3.74. The first-order chi connectivity index (χ1) is 9.95. The molecule has 1 saturated carbocycles. The Bertz CT molecular complexity index is 453. The molecule has 1 aliphatic carbocycles. The van der Waals surface area contributed by atoms with Crippen LogP contribution in [0.15, 0.2) is 24.3 Å². The van der Waals surface area contributed by atoms with Gasteiger partial charge >= 0.3 is 6.18 Å². The predicted molar refractivity (Wildman–Crippen MR) is 75.8 cm³/mol. The molecule has 0 radical (unpaired) electrons. The normalized spacial score (nSPS) is 18.7. The van der Waals surface area contributed by atoms with E-state index >= 15 is 0 Å². The van der Waals surface area contributed by atoms with Gasteiger partial charge in [0.15, 0.2) is 0 Å². The van der Waals surface area contributed by atoms with Crippen molar-refractivity contribution in [1.82, 2.24) is 5.32 Å². The summed E-state index contributed by atoms with van der Waals surface area (Å²) in [5.41, 5.74) is -0.0926. The van der Waals surface area contributed by atoms with E-state index in [4.69, 9.17) is 0 Å². The van der Waals surface area contributed by atoms with Gasteiger partial charge in [-0.25, -0.2) is 0 Å². The minimum Gasteiger partial charge on any atom is -0.396 e. The number of hydrogen-bond acceptors (Lipinski definition) is 2. The second-order valence-corrected chi connectivity index (χ2v) is 6.02. The lowest BCUT2D eigenvalue weighted by Crippen LogP contribution is -2.38. The van der Waals surface area contributed by atoms with Crippen LogP contribution in [0.4, 0.5) is 13.2 Å². The molecular weight excluding hydrogens is 279 g/mol. The molecule has 2 nitrogen and oxygen atoms in total. The summed E-state index contributed by atoms with van der Waals surface area (Å²) in [6.45, 7) is 1.19. The molecule has 0 bridgehead atoms. The second-order valence-electron chi connectivity index (χ2n) is 6.02. The third-order valence-electron chi connectivity index (χ3n) is 4.33. The molecule has 0 spiro atoms. The van der Waals surface area contributed by atoms with E-state index in [0.717, 1.165) is 31.7 Å². The number of aliphatic hydroxyl groups is 1. The monoisotopic (exact) mass is 301 g/mol. The molecule has 1 aliphatic rings. The molecule has 0 atom stereocenters. The summed E-state index contributed by atoms with van der Waals surface area (Å²) in [4.78, 5) is 0. The molecule has 0 saturated heterocycles. The van der Waals surface area contributed by atoms with Crippen molar-refractivity contribution in [1.29, 1.82) is 0 Å². The molecule has 21 heavy (non-hydrogen) atoms.